The number of piperidine rings is 1. The highest BCUT2D eigenvalue weighted by molar-refractivity contribution is 9.10. The van der Waals surface area contributed by atoms with Crippen LogP contribution >= 0.6 is 15.9 Å². The highest BCUT2D eigenvalue weighted by Gasteiger charge is 2.21. The molecule has 0 bridgehead atoms. The summed E-state index contributed by atoms with van der Waals surface area (Å²) in [6.45, 7) is 1.95. The summed E-state index contributed by atoms with van der Waals surface area (Å²) in [6.07, 6.45) is 10.6. The molecule has 1 N–H and O–H groups in total. The van der Waals surface area contributed by atoms with Gasteiger partial charge in [-0.1, -0.05) is 19.3 Å². The third-order valence-electron chi connectivity index (χ3n) is 4.92. The van der Waals surface area contributed by atoms with Crippen LogP contribution in [0.25, 0.3) is 6.08 Å². The molecule has 2 fully saturated rings. The summed E-state index contributed by atoms with van der Waals surface area (Å²) in [7, 11) is 0. The van der Waals surface area contributed by atoms with Crippen LogP contribution in [0.3, 0.4) is 0 Å². The van der Waals surface area contributed by atoms with Gasteiger partial charge in [0.25, 0.3) is 5.91 Å². The molecule has 0 aromatic carbocycles. The number of furan rings is 1. The Balaban J connectivity index is 1.71. The zero-order valence-corrected chi connectivity index (χ0v) is 16.0. The Kier molecular flexibility index (Phi) is 6.19. The van der Waals surface area contributed by atoms with Crippen molar-refractivity contribution in [1.29, 1.82) is 5.26 Å². The standard InChI is InChI=1S/C19H24BrN3O2/c20-17-12-16(25-19(17)23-9-5-2-6-10-23)11-14(13-21)18(24)22-15-7-3-1-4-8-15/h11-12,15H,1-10H2,(H,22,24)/b14-11-. The first-order valence-corrected chi connectivity index (χ1v) is 9.93. The second-order valence-corrected chi connectivity index (χ2v) is 7.68. The van der Waals surface area contributed by atoms with E-state index in [4.69, 9.17) is 4.42 Å². The predicted molar refractivity (Wildman–Crippen MR) is 101 cm³/mol. The normalized spacial score (nSPS) is 19.5. The molecule has 2 aliphatic rings. The number of hydrogen-bond donors (Lipinski definition) is 1. The van der Waals surface area contributed by atoms with Crippen LogP contribution in [0.1, 0.15) is 57.1 Å². The molecule has 134 valence electrons. The molecule has 2 heterocycles. The molecule has 1 aromatic rings. The fraction of sp³-hybridized carbons (Fsp3) is 0.579. The van der Waals surface area contributed by atoms with Gasteiger partial charge in [-0.2, -0.15) is 5.26 Å². The first-order chi connectivity index (χ1) is 12.2. The van der Waals surface area contributed by atoms with Gasteiger partial charge in [0.05, 0.1) is 4.47 Å². The summed E-state index contributed by atoms with van der Waals surface area (Å²) in [5.41, 5.74) is 0.0945. The molecule has 1 amide bonds. The minimum Gasteiger partial charge on any atom is -0.440 e. The van der Waals surface area contributed by atoms with E-state index in [1.807, 2.05) is 12.1 Å². The van der Waals surface area contributed by atoms with Gasteiger partial charge in [0.1, 0.15) is 17.4 Å². The highest BCUT2D eigenvalue weighted by atomic mass is 79.9. The number of halogens is 1. The van der Waals surface area contributed by atoms with Crippen LogP contribution in [0.4, 0.5) is 5.88 Å². The highest BCUT2D eigenvalue weighted by Crippen LogP contribution is 2.33. The van der Waals surface area contributed by atoms with E-state index in [1.54, 1.807) is 0 Å². The van der Waals surface area contributed by atoms with Gasteiger partial charge in [-0.05, 0) is 48.0 Å². The summed E-state index contributed by atoms with van der Waals surface area (Å²) in [5.74, 6) is 1.01. The maximum absolute atomic E-state index is 12.4. The van der Waals surface area contributed by atoms with Gasteiger partial charge in [-0.25, -0.2) is 0 Å². The fourth-order valence-corrected chi connectivity index (χ4v) is 4.12. The molecule has 1 aliphatic heterocycles. The number of nitriles is 1. The largest absolute Gasteiger partial charge is 0.440 e. The molecular formula is C19H24BrN3O2. The third kappa shape index (κ3) is 4.66. The second-order valence-electron chi connectivity index (χ2n) is 6.83. The van der Waals surface area contributed by atoms with E-state index in [1.165, 1.54) is 18.9 Å². The third-order valence-corrected chi connectivity index (χ3v) is 5.49. The van der Waals surface area contributed by atoms with E-state index >= 15 is 0 Å². The molecule has 0 atom stereocenters. The molecule has 0 radical (unpaired) electrons. The van der Waals surface area contributed by atoms with Crippen LogP contribution in [0, 0.1) is 11.3 Å². The molecule has 1 saturated carbocycles. The number of hydrogen-bond acceptors (Lipinski definition) is 4. The van der Waals surface area contributed by atoms with Gasteiger partial charge in [-0.15, -0.1) is 0 Å². The van der Waals surface area contributed by atoms with E-state index in [0.717, 1.165) is 62.0 Å². The molecule has 1 saturated heterocycles. The van der Waals surface area contributed by atoms with Crippen molar-refractivity contribution in [3.63, 3.8) is 0 Å². The number of carbonyl (C=O) groups is 1. The first kappa shape index (κ1) is 18.1. The fourth-order valence-electron chi connectivity index (χ4n) is 3.56. The molecule has 25 heavy (non-hydrogen) atoms. The molecule has 3 rings (SSSR count). The lowest BCUT2D eigenvalue weighted by Gasteiger charge is -2.26. The van der Waals surface area contributed by atoms with Crippen LogP contribution in [0.5, 0.6) is 0 Å². The summed E-state index contributed by atoms with van der Waals surface area (Å²) >= 11 is 3.53. The van der Waals surface area contributed by atoms with Gasteiger partial charge in [0, 0.05) is 31.3 Å². The quantitative estimate of drug-likeness (QED) is 0.595. The number of carbonyl (C=O) groups excluding carboxylic acids is 1. The zero-order valence-electron chi connectivity index (χ0n) is 14.4. The van der Waals surface area contributed by atoms with Crippen molar-refractivity contribution in [1.82, 2.24) is 5.32 Å². The second kappa shape index (κ2) is 8.57. The number of nitrogens with zero attached hydrogens (tertiary/aromatic N) is 2. The number of amides is 1. The molecule has 6 heteroatoms. The lowest BCUT2D eigenvalue weighted by molar-refractivity contribution is -0.117. The minimum atomic E-state index is -0.304. The van der Waals surface area contributed by atoms with Crippen molar-refractivity contribution in [3.8, 4) is 6.07 Å². The Labute approximate surface area is 157 Å². The number of nitrogens with one attached hydrogen (secondary N) is 1. The number of rotatable bonds is 4. The van der Waals surface area contributed by atoms with Crippen LogP contribution < -0.4 is 10.2 Å². The van der Waals surface area contributed by atoms with Crippen LogP contribution in [-0.4, -0.2) is 25.0 Å². The molecule has 0 unspecified atom stereocenters. The predicted octanol–water partition coefficient (Wildman–Crippen LogP) is 4.39. The lowest BCUT2D eigenvalue weighted by atomic mass is 9.95. The average molecular weight is 406 g/mol. The summed E-state index contributed by atoms with van der Waals surface area (Å²) < 4.78 is 6.76. The average Bonchev–Trinajstić information content (AvgIpc) is 3.01. The van der Waals surface area contributed by atoms with Gasteiger partial charge < -0.3 is 14.6 Å². The maximum atomic E-state index is 12.4. The Bertz CT molecular complexity index is 677. The van der Waals surface area contributed by atoms with Gasteiger partial charge in [0.2, 0.25) is 5.88 Å². The molecule has 1 aliphatic carbocycles. The van der Waals surface area contributed by atoms with Crippen molar-refractivity contribution in [2.45, 2.75) is 57.4 Å². The Morgan fingerprint density at radius 3 is 2.60 bits per heavy atom. The van der Waals surface area contributed by atoms with Crippen molar-refractivity contribution in [2.75, 3.05) is 18.0 Å². The Morgan fingerprint density at radius 1 is 1.24 bits per heavy atom. The zero-order chi connectivity index (χ0) is 17.6. The van der Waals surface area contributed by atoms with Gasteiger partial charge in [0.15, 0.2) is 0 Å². The summed E-state index contributed by atoms with van der Waals surface area (Å²) in [5, 5.41) is 12.4. The smallest absolute Gasteiger partial charge is 0.262 e. The first-order valence-electron chi connectivity index (χ1n) is 9.14. The van der Waals surface area contributed by atoms with E-state index in [9.17, 15) is 10.1 Å². The molecular weight excluding hydrogens is 382 g/mol. The Hall–Kier alpha value is -1.74. The molecule has 5 nitrogen and oxygen atoms in total. The van der Waals surface area contributed by atoms with Crippen LogP contribution in [0.2, 0.25) is 0 Å². The van der Waals surface area contributed by atoms with E-state index in [0.29, 0.717) is 5.76 Å². The SMILES string of the molecule is N#C/C(=C/c1cc(Br)c(N2CCCCC2)o1)C(=O)NC1CCCCC1. The van der Waals surface area contributed by atoms with Crippen LogP contribution in [-0.2, 0) is 4.79 Å². The van der Waals surface area contributed by atoms with Crippen molar-refractivity contribution >= 4 is 33.8 Å². The number of anilines is 1. The van der Waals surface area contributed by atoms with Crippen molar-refractivity contribution in [2.24, 2.45) is 0 Å². The maximum Gasteiger partial charge on any atom is 0.262 e. The Morgan fingerprint density at radius 2 is 1.92 bits per heavy atom. The molecule has 1 aromatic heterocycles. The summed E-state index contributed by atoms with van der Waals surface area (Å²) in [4.78, 5) is 14.6. The summed E-state index contributed by atoms with van der Waals surface area (Å²) in [6, 6.07) is 4.02. The topological polar surface area (TPSA) is 69.3 Å². The van der Waals surface area contributed by atoms with E-state index in [-0.39, 0.29) is 17.5 Å². The van der Waals surface area contributed by atoms with Crippen LogP contribution in [0.15, 0.2) is 20.5 Å². The molecule has 0 spiro atoms. The lowest BCUT2D eigenvalue weighted by Crippen LogP contribution is -2.36. The van der Waals surface area contributed by atoms with Gasteiger partial charge in [-0.3, -0.25) is 4.79 Å². The van der Waals surface area contributed by atoms with E-state index < -0.39 is 0 Å². The van der Waals surface area contributed by atoms with Crippen molar-refractivity contribution in [3.05, 3.63) is 21.9 Å². The minimum absolute atomic E-state index is 0.0945. The van der Waals surface area contributed by atoms with Gasteiger partial charge >= 0.3 is 0 Å². The monoisotopic (exact) mass is 405 g/mol. The van der Waals surface area contributed by atoms with E-state index in [2.05, 4.69) is 26.1 Å². The van der Waals surface area contributed by atoms with Crippen molar-refractivity contribution < 1.29 is 9.21 Å².